The molecule has 0 aliphatic heterocycles. The predicted molar refractivity (Wildman–Crippen MR) is 66.5 cm³/mol. The van der Waals surface area contributed by atoms with Crippen LogP contribution in [0.25, 0.3) is 0 Å². The number of nitrogens with zero attached hydrogens (tertiary/aromatic N) is 1. The molecule has 19 heavy (non-hydrogen) atoms. The molecule has 0 fully saturated rings. The van der Waals surface area contributed by atoms with Crippen LogP contribution in [0.15, 0.2) is 18.3 Å². The Morgan fingerprint density at radius 3 is 2.47 bits per heavy atom. The Morgan fingerprint density at radius 2 is 1.95 bits per heavy atom. The van der Waals surface area contributed by atoms with E-state index in [9.17, 15) is 9.59 Å². The first-order chi connectivity index (χ1) is 8.99. The summed E-state index contributed by atoms with van der Waals surface area (Å²) in [5, 5.41) is 0. The third kappa shape index (κ3) is 5.85. The second kappa shape index (κ2) is 7.35. The van der Waals surface area contributed by atoms with Crippen LogP contribution in [0.5, 0.6) is 5.75 Å². The summed E-state index contributed by atoms with van der Waals surface area (Å²) >= 11 is 0. The molecule has 1 rings (SSSR count). The number of ether oxygens (including phenoxy) is 3. The summed E-state index contributed by atoms with van der Waals surface area (Å²) in [6.07, 6.45) is 1.14. The maximum Gasteiger partial charge on any atom is 0.303 e. The molecule has 0 saturated heterocycles. The summed E-state index contributed by atoms with van der Waals surface area (Å²) in [6.45, 7) is 4.89. The predicted octanol–water partition coefficient (Wildman–Crippen LogP) is 1.65. The minimum atomic E-state index is -0.396. The van der Waals surface area contributed by atoms with Crippen LogP contribution in [-0.4, -0.2) is 30.1 Å². The summed E-state index contributed by atoms with van der Waals surface area (Å²) in [5.41, 5.74) is 0.641. The number of rotatable bonds is 6. The molecule has 0 saturated carbocycles. The molecule has 104 valence electrons. The Hall–Kier alpha value is -2.11. The maximum absolute atomic E-state index is 10.8. The Bertz CT molecular complexity index is 429. The van der Waals surface area contributed by atoms with E-state index in [1.165, 1.54) is 20.0 Å². The van der Waals surface area contributed by atoms with E-state index in [4.69, 9.17) is 14.2 Å². The van der Waals surface area contributed by atoms with Crippen LogP contribution in [0.1, 0.15) is 32.6 Å². The third-order valence-corrected chi connectivity index (χ3v) is 2.18. The lowest BCUT2D eigenvalue weighted by Gasteiger charge is -2.12. The molecule has 6 nitrogen and oxygen atoms in total. The lowest BCUT2D eigenvalue weighted by Crippen LogP contribution is -2.10. The van der Waals surface area contributed by atoms with E-state index in [1.54, 1.807) is 19.1 Å². The van der Waals surface area contributed by atoms with Gasteiger partial charge in [0.25, 0.3) is 0 Å². The lowest BCUT2D eigenvalue weighted by atomic mass is 10.2. The van der Waals surface area contributed by atoms with E-state index >= 15 is 0 Å². The summed E-state index contributed by atoms with van der Waals surface area (Å²) < 4.78 is 15.1. The Morgan fingerprint density at radius 1 is 1.21 bits per heavy atom. The first kappa shape index (κ1) is 14.9. The van der Waals surface area contributed by atoms with Gasteiger partial charge in [0, 0.05) is 13.8 Å². The van der Waals surface area contributed by atoms with Crippen molar-refractivity contribution in [2.75, 3.05) is 13.2 Å². The SMILES string of the molecule is CC(=O)OCCOc1ccc(C(C)OC(C)=O)nc1. The normalized spacial score (nSPS) is 11.5. The molecule has 0 spiro atoms. The van der Waals surface area contributed by atoms with Gasteiger partial charge in [-0.15, -0.1) is 0 Å². The number of carbonyl (C=O) groups excluding carboxylic acids is 2. The first-order valence-electron chi connectivity index (χ1n) is 5.88. The van der Waals surface area contributed by atoms with Crippen LogP contribution < -0.4 is 4.74 Å². The third-order valence-electron chi connectivity index (χ3n) is 2.18. The van der Waals surface area contributed by atoms with Crippen molar-refractivity contribution in [3.05, 3.63) is 24.0 Å². The lowest BCUT2D eigenvalue weighted by molar-refractivity contribution is -0.146. The van der Waals surface area contributed by atoms with Crippen molar-refractivity contribution in [2.24, 2.45) is 0 Å². The summed E-state index contributed by atoms with van der Waals surface area (Å²) in [4.78, 5) is 25.5. The molecule has 0 aromatic carbocycles. The van der Waals surface area contributed by atoms with Gasteiger partial charge in [0.15, 0.2) is 0 Å². The smallest absolute Gasteiger partial charge is 0.303 e. The molecule has 1 aromatic heterocycles. The zero-order chi connectivity index (χ0) is 14.3. The van der Waals surface area contributed by atoms with Crippen LogP contribution in [0.2, 0.25) is 0 Å². The molecular weight excluding hydrogens is 250 g/mol. The van der Waals surface area contributed by atoms with E-state index in [-0.39, 0.29) is 25.2 Å². The average Bonchev–Trinajstić information content (AvgIpc) is 2.34. The summed E-state index contributed by atoms with van der Waals surface area (Å²) in [6, 6.07) is 3.44. The topological polar surface area (TPSA) is 74.7 Å². The van der Waals surface area contributed by atoms with Gasteiger partial charge in [0.2, 0.25) is 0 Å². The van der Waals surface area contributed by atoms with Gasteiger partial charge >= 0.3 is 11.9 Å². The highest BCUT2D eigenvalue weighted by Gasteiger charge is 2.09. The van der Waals surface area contributed by atoms with Crippen molar-refractivity contribution >= 4 is 11.9 Å². The van der Waals surface area contributed by atoms with Crippen molar-refractivity contribution in [1.29, 1.82) is 0 Å². The fourth-order valence-electron chi connectivity index (χ4n) is 1.37. The van der Waals surface area contributed by atoms with Gasteiger partial charge in [-0.25, -0.2) is 0 Å². The fraction of sp³-hybridized carbons (Fsp3) is 0.462. The quantitative estimate of drug-likeness (QED) is 0.576. The second-order valence-corrected chi connectivity index (χ2v) is 3.86. The largest absolute Gasteiger partial charge is 0.488 e. The highest BCUT2D eigenvalue weighted by atomic mass is 16.6. The summed E-state index contributed by atoms with van der Waals surface area (Å²) in [5.74, 6) is -0.130. The minimum Gasteiger partial charge on any atom is -0.488 e. The van der Waals surface area contributed by atoms with Gasteiger partial charge in [0.05, 0.1) is 11.9 Å². The van der Waals surface area contributed by atoms with Gasteiger partial charge < -0.3 is 14.2 Å². The fourth-order valence-corrected chi connectivity index (χ4v) is 1.37. The van der Waals surface area contributed by atoms with Crippen molar-refractivity contribution < 1.29 is 23.8 Å². The number of esters is 2. The molecule has 0 amide bonds. The molecule has 1 heterocycles. The van der Waals surface area contributed by atoms with Crippen LogP contribution in [-0.2, 0) is 19.1 Å². The highest BCUT2D eigenvalue weighted by Crippen LogP contribution is 2.17. The van der Waals surface area contributed by atoms with Crippen molar-refractivity contribution in [3.8, 4) is 5.75 Å². The van der Waals surface area contributed by atoms with Crippen LogP contribution in [0, 0.1) is 0 Å². The van der Waals surface area contributed by atoms with Gasteiger partial charge in [-0.1, -0.05) is 0 Å². The van der Waals surface area contributed by atoms with Crippen LogP contribution >= 0.6 is 0 Å². The van der Waals surface area contributed by atoms with Gasteiger partial charge in [-0.2, -0.15) is 0 Å². The zero-order valence-electron chi connectivity index (χ0n) is 11.2. The van der Waals surface area contributed by atoms with Gasteiger partial charge in [0.1, 0.15) is 25.1 Å². The number of carbonyl (C=O) groups is 2. The molecular formula is C13H17NO5. The molecule has 1 atom stereocenters. The van der Waals surface area contributed by atoms with Gasteiger partial charge in [-0.3, -0.25) is 14.6 Å². The van der Waals surface area contributed by atoms with E-state index in [1.807, 2.05) is 0 Å². The summed E-state index contributed by atoms with van der Waals surface area (Å²) in [7, 11) is 0. The Labute approximate surface area is 111 Å². The molecule has 0 aliphatic carbocycles. The van der Waals surface area contributed by atoms with E-state index in [0.717, 1.165) is 0 Å². The van der Waals surface area contributed by atoms with Crippen LogP contribution in [0.4, 0.5) is 0 Å². The van der Waals surface area contributed by atoms with E-state index in [0.29, 0.717) is 11.4 Å². The molecule has 0 radical (unpaired) electrons. The average molecular weight is 267 g/mol. The monoisotopic (exact) mass is 267 g/mol. The number of pyridine rings is 1. The van der Waals surface area contributed by atoms with Crippen molar-refractivity contribution in [2.45, 2.75) is 26.9 Å². The van der Waals surface area contributed by atoms with Crippen molar-refractivity contribution in [3.63, 3.8) is 0 Å². The first-order valence-corrected chi connectivity index (χ1v) is 5.88. The molecule has 0 bridgehead atoms. The maximum atomic E-state index is 10.8. The molecule has 1 unspecified atom stereocenters. The Kier molecular flexibility index (Phi) is 5.78. The zero-order valence-corrected chi connectivity index (χ0v) is 11.2. The second-order valence-electron chi connectivity index (χ2n) is 3.86. The van der Waals surface area contributed by atoms with E-state index < -0.39 is 6.10 Å². The van der Waals surface area contributed by atoms with Crippen molar-refractivity contribution in [1.82, 2.24) is 4.98 Å². The minimum absolute atomic E-state index is 0.195. The number of hydrogen-bond acceptors (Lipinski definition) is 6. The molecule has 0 aliphatic rings. The van der Waals surface area contributed by atoms with E-state index in [2.05, 4.69) is 4.98 Å². The molecule has 1 aromatic rings. The van der Waals surface area contributed by atoms with Gasteiger partial charge in [-0.05, 0) is 19.1 Å². The number of aromatic nitrogens is 1. The Balaban J connectivity index is 2.43. The number of hydrogen-bond donors (Lipinski definition) is 0. The molecule has 6 heteroatoms. The van der Waals surface area contributed by atoms with Crippen LogP contribution in [0.3, 0.4) is 0 Å². The molecule has 0 N–H and O–H groups in total. The standard InChI is InChI=1S/C13H17NO5/c1-9(19-11(3)16)13-5-4-12(8-14-13)18-7-6-17-10(2)15/h4-5,8-9H,6-7H2,1-3H3. The highest BCUT2D eigenvalue weighted by molar-refractivity contribution is 5.66.